The largest absolute Gasteiger partial charge is 0.478 e. The quantitative estimate of drug-likeness (QED) is 0.756. The standard InChI is InChI=1S/C19H22N2O5S/c1-4-17(18(22)20-15-9-7-14(8-10-15)19(23)24)21(27(3,25)26)16-11-5-13(2)6-12-16/h5-12,17H,4H2,1-3H3,(H,20,22)(H,23,24)/t17-/m1/s1. The Morgan fingerprint density at radius 3 is 2.07 bits per heavy atom. The highest BCUT2D eigenvalue weighted by Crippen LogP contribution is 2.24. The number of carbonyl (C=O) groups is 2. The molecular weight excluding hydrogens is 368 g/mol. The Labute approximate surface area is 158 Å². The van der Waals surface area contributed by atoms with E-state index in [0.29, 0.717) is 11.4 Å². The molecule has 0 saturated carbocycles. The number of carboxylic acids is 1. The van der Waals surface area contributed by atoms with Gasteiger partial charge in [-0.25, -0.2) is 13.2 Å². The molecule has 7 nitrogen and oxygen atoms in total. The average molecular weight is 390 g/mol. The van der Waals surface area contributed by atoms with E-state index in [9.17, 15) is 18.0 Å². The maximum atomic E-state index is 12.8. The molecule has 8 heteroatoms. The number of nitrogens with one attached hydrogen (secondary N) is 1. The van der Waals surface area contributed by atoms with Crippen LogP contribution in [0.2, 0.25) is 0 Å². The van der Waals surface area contributed by atoms with Crippen molar-refractivity contribution in [1.82, 2.24) is 0 Å². The lowest BCUT2D eigenvalue weighted by Crippen LogP contribution is -2.47. The Morgan fingerprint density at radius 1 is 1.07 bits per heavy atom. The van der Waals surface area contributed by atoms with Gasteiger partial charge in [0.05, 0.1) is 17.5 Å². The summed E-state index contributed by atoms with van der Waals surface area (Å²) in [6.07, 6.45) is 1.32. The van der Waals surface area contributed by atoms with E-state index < -0.39 is 27.9 Å². The number of aromatic carboxylic acids is 1. The summed E-state index contributed by atoms with van der Waals surface area (Å²) in [4.78, 5) is 23.7. The molecule has 0 saturated heterocycles. The Balaban J connectivity index is 2.31. The highest BCUT2D eigenvalue weighted by atomic mass is 32.2. The molecule has 2 aromatic carbocycles. The van der Waals surface area contributed by atoms with E-state index in [2.05, 4.69) is 5.32 Å². The monoisotopic (exact) mass is 390 g/mol. The van der Waals surface area contributed by atoms with Crippen LogP contribution in [0.3, 0.4) is 0 Å². The van der Waals surface area contributed by atoms with Crippen molar-refractivity contribution in [2.45, 2.75) is 26.3 Å². The molecule has 2 aromatic rings. The van der Waals surface area contributed by atoms with Crippen LogP contribution in [-0.2, 0) is 14.8 Å². The minimum absolute atomic E-state index is 0.0949. The van der Waals surface area contributed by atoms with Crippen LogP contribution < -0.4 is 9.62 Å². The Kier molecular flexibility index (Phi) is 6.22. The summed E-state index contributed by atoms with van der Waals surface area (Å²) in [6, 6.07) is 11.6. The van der Waals surface area contributed by atoms with Crippen LogP contribution in [0.4, 0.5) is 11.4 Å². The molecule has 0 unspecified atom stereocenters. The summed E-state index contributed by atoms with van der Waals surface area (Å²) in [6.45, 7) is 3.61. The molecule has 0 spiro atoms. The van der Waals surface area contributed by atoms with Crippen LogP contribution in [0.15, 0.2) is 48.5 Å². The van der Waals surface area contributed by atoms with Crippen LogP contribution in [0.25, 0.3) is 0 Å². The molecule has 1 atom stereocenters. The fourth-order valence-electron chi connectivity index (χ4n) is 2.67. The molecule has 0 aliphatic heterocycles. The van der Waals surface area contributed by atoms with Gasteiger partial charge in [0, 0.05) is 5.69 Å². The first-order valence-corrected chi connectivity index (χ1v) is 10.2. The number of carbonyl (C=O) groups excluding carboxylic acids is 1. The van der Waals surface area contributed by atoms with E-state index in [4.69, 9.17) is 5.11 Å². The summed E-state index contributed by atoms with van der Waals surface area (Å²) >= 11 is 0. The van der Waals surface area contributed by atoms with Crippen molar-refractivity contribution in [1.29, 1.82) is 0 Å². The third kappa shape index (κ3) is 5.07. The fourth-order valence-corrected chi connectivity index (χ4v) is 3.89. The zero-order valence-electron chi connectivity index (χ0n) is 15.3. The van der Waals surface area contributed by atoms with Crippen LogP contribution >= 0.6 is 0 Å². The fraction of sp³-hybridized carbons (Fsp3) is 0.263. The topological polar surface area (TPSA) is 104 Å². The first kappa shape index (κ1) is 20.4. The minimum Gasteiger partial charge on any atom is -0.478 e. The SMILES string of the molecule is CC[C@H](C(=O)Nc1ccc(C(=O)O)cc1)N(c1ccc(C)cc1)S(C)(=O)=O. The summed E-state index contributed by atoms with van der Waals surface area (Å²) in [5, 5.41) is 11.6. The molecule has 0 aliphatic carbocycles. The van der Waals surface area contributed by atoms with Gasteiger partial charge >= 0.3 is 5.97 Å². The van der Waals surface area contributed by atoms with Gasteiger partial charge in [0.15, 0.2) is 0 Å². The molecule has 27 heavy (non-hydrogen) atoms. The zero-order valence-corrected chi connectivity index (χ0v) is 16.2. The van der Waals surface area contributed by atoms with Gasteiger partial charge in [-0.1, -0.05) is 24.6 Å². The first-order chi connectivity index (χ1) is 12.6. The van der Waals surface area contributed by atoms with Crippen molar-refractivity contribution < 1.29 is 23.1 Å². The maximum absolute atomic E-state index is 12.8. The number of carboxylic acid groups (broad SMARTS) is 1. The van der Waals surface area contributed by atoms with Crippen molar-refractivity contribution in [3.8, 4) is 0 Å². The second-order valence-electron chi connectivity index (χ2n) is 6.19. The number of rotatable bonds is 7. The number of hydrogen-bond donors (Lipinski definition) is 2. The van der Waals surface area contributed by atoms with E-state index in [-0.39, 0.29) is 12.0 Å². The Bertz CT molecular complexity index is 922. The molecule has 144 valence electrons. The second-order valence-corrected chi connectivity index (χ2v) is 8.05. The molecule has 2 N–H and O–H groups in total. The van der Waals surface area contributed by atoms with Gasteiger partial charge < -0.3 is 10.4 Å². The normalized spacial score (nSPS) is 12.3. The molecule has 1 amide bonds. The van der Waals surface area contributed by atoms with Crippen LogP contribution in [0, 0.1) is 6.92 Å². The average Bonchev–Trinajstić information content (AvgIpc) is 2.60. The van der Waals surface area contributed by atoms with Crippen molar-refractivity contribution in [2.75, 3.05) is 15.9 Å². The molecule has 2 rings (SSSR count). The molecule has 0 heterocycles. The van der Waals surface area contributed by atoms with Crippen LogP contribution in [-0.4, -0.2) is 37.7 Å². The Morgan fingerprint density at radius 2 is 1.63 bits per heavy atom. The van der Waals surface area contributed by atoms with Crippen LogP contribution in [0.5, 0.6) is 0 Å². The molecule has 0 bridgehead atoms. The molecule has 0 fully saturated rings. The molecule has 0 radical (unpaired) electrons. The summed E-state index contributed by atoms with van der Waals surface area (Å²) in [5.41, 5.74) is 1.87. The van der Waals surface area contributed by atoms with E-state index in [1.807, 2.05) is 6.92 Å². The zero-order chi connectivity index (χ0) is 20.2. The van der Waals surface area contributed by atoms with Gasteiger partial charge in [0.25, 0.3) is 0 Å². The number of amides is 1. The predicted octanol–water partition coefficient (Wildman–Crippen LogP) is 2.88. The second kappa shape index (κ2) is 8.22. The highest BCUT2D eigenvalue weighted by Gasteiger charge is 2.31. The van der Waals surface area contributed by atoms with Gasteiger partial charge in [0.2, 0.25) is 15.9 Å². The first-order valence-electron chi connectivity index (χ1n) is 8.33. The lowest BCUT2D eigenvalue weighted by molar-refractivity contribution is -0.117. The lowest BCUT2D eigenvalue weighted by atomic mass is 10.1. The van der Waals surface area contributed by atoms with Gasteiger partial charge in [-0.15, -0.1) is 0 Å². The van der Waals surface area contributed by atoms with Crippen molar-refractivity contribution >= 4 is 33.3 Å². The molecular formula is C19H22N2O5S. The van der Waals surface area contributed by atoms with E-state index in [1.54, 1.807) is 31.2 Å². The summed E-state index contributed by atoms with van der Waals surface area (Å²) in [5.74, 6) is -1.56. The van der Waals surface area contributed by atoms with E-state index in [0.717, 1.165) is 16.1 Å². The predicted molar refractivity (Wildman–Crippen MR) is 105 cm³/mol. The number of sulfonamides is 1. The van der Waals surface area contributed by atoms with Crippen molar-refractivity contribution in [3.05, 3.63) is 59.7 Å². The number of hydrogen-bond acceptors (Lipinski definition) is 4. The maximum Gasteiger partial charge on any atom is 0.335 e. The Hall–Kier alpha value is -2.87. The third-order valence-corrected chi connectivity index (χ3v) is 5.20. The van der Waals surface area contributed by atoms with Gasteiger partial charge in [0.1, 0.15) is 6.04 Å². The number of benzene rings is 2. The number of anilines is 2. The summed E-state index contributed by atoms with van der Waals surface area (Å²) < 4.78 is 25.9. The minimum atomic E-state index is -3.70. The lowest BCUT2D eigenvalue weighted by Gasteiger charge is -2.30. The number of aryl methyl sites for hydroxylation is 1. The van der Waals surface area contributed by atoms with E-state index >= 15 is 0 Å². The van der Waals surface area contributed by atoms with Crippen molar-refractivity contribution in [2.24, 2.45) is 0 Å². The summed E-state index contributed by atoms with van der Waals surface area (Å²) in [7, 11) is -3.70. The third-order valence-electron chi connectivity index (χ3n) is 4.02. The van der Waals surface area contributed by atoms with Crippen molar-refractivity contribution in [3.63, 3.8) is 0 Å². The molecule has 0 aromatic heterocycles. The van der Waals surface area contributed by atoms with Gasteiger partial charge in [-0.2, -0.15) is 0 Å². The van der Waals surface area contributed by atoms with Gasteiger partial charge in [-0.3, -0.25) is 9.10 Å². The number of nitrogens with zero attached hydrogens (tertiary/aromatic N) is 1. The highest BCUT2D eigenvalue weighted by molar-refractivity contribution is 7.92. The van der Waals surface area contributed by atoms with E-state index in [1.165, 1.54) is 24.3 Å². The van der Waals surface area contributed by atoms with Gasteiger partial charge in [-0.05, 0) is 49.7 Å². The van der Waals surface area contributed by atoms with Crippen LogP contribution in [0.1, 0.15) is 29.3 Å². The smallest absolute Gasteiger partial charge is 0.335 e. The molecule has 0 aliphatic rings.